The number of anilines is 1. The van der Waals surface area contributed by atoms with E-state index in [1.54, 1.807) is 29.8 Å². The number of aliphatic carboxylic acids is 1. The van der Waals surface area contributed by atoms with Gasteiger partial charge in [-0.1, -0.05) is 18.2 Å². The molecule has 0 bridgehead atoms. The van der Waals surface area contributed by atoms with Crippen LogP contribution in [-0.4, -0.2) is 39.7 Å². The molecule has 6 nitrogen and oxygen atoms in total. The lowest BCUT2D eigenvalue weighted by Gasteiger charge is -2.39. The molecule has 0 saturated carbocycles. The van der Waals surface area contributed by atoms with Crippen molar-refractivity contribution in [1.29, 1.82) is 0 Å². The zero-order valence-electron chi connectivity index (χ0n) is 13.5. The van der Waals surface area contributed by atoms with Crippen molar-refractivity contribution in [1.82, 2.24) is 9.97 Å². The fourth-order valence-corrected chi connectivity index (χ4v) is 3.91. The van der Waals surface area contributed by atoms with E-state index >= 15 is 0 Å². The molecule has 1 aliphatic heterocycles. The van der Waals surface area contributed by atoms with Gasteiger partial charge < -0.3 is 14.7 Å². The number of nitrogens with zero attached hydrogens (tertiary/aromatic N) is 3. The Labute approximate surface area is 148 Å². The van der Waals surface area contributed by atoms with Crippen molar-refractivity contribution in [3.63, 3.8) is 0 Å². The molecule has 3 aromatic rings. The van der Waals surface area contributed by atoms with Crippen LogP contribution in [0.1, 0.15) is 12.8 Å². The van der Waals surface area contributed by atoms with Crippen molar-refractivity contribution >= 4 is 33.3 Å². The van der Waals surface area contributed by atoms with Crippen LogP contribution in [0.4, 0.5) is 5.82 Å². The zero-order valence-corrected chi connectivity index (χ0v) is 14.3. The van der Waals surface area contributed by atoms with Gasteiger partial charge in [0.05, 0.1) is 5.39 Å². The third kappa shape index (κ3) is 2.91. The molecule has 2 aromatic heterocycles. The second-order valence-electron chi connectivity index (χ2n) is 6.04. The van der Waals surface area contributed by atoms with E-state index in [9.17, 15) is 9.90 Å². The average molecular weight is 355 g/mol. The Hall–Kier alpha value is -2.67. The number of carbonyl (C=O) groups is 1. The normalized spacial score (nSPS) is 16.7. The summed E-state index contributed by atoms with van der Waals surface area (Å²) in [5, 5.41) is 12.8. The first-order valence-corrected chi connectivity index (χ1v) is 8.96. The minimum Gasteiger partial charge on any atom is -0.478 e. The highest BCUT2D eigenvalue weighted by Crippen LogP contribution is 2.33. The predicted molar refractivity (Wildman–Crippen MR) is 96.3 cm³/mol. The van der Waals surface area contributed by atoms with Crippen molar-refractivity contribution in [2.75, 3.05) is 18.0 Å². The summed E-state index contributed by atoms with van der Waals surface area (Å²) in [4.78, 5) is 23.7. The van der Waals surface area contributed by atoms with E-state index in [1.165, 1.54) is 0 Å². The standard InChI is InChI=1S/C18H17N3O3S/c22-17(23)18(24-13-4-2-1-3-5-13)7-9-21(10-8-18)15-14-6-11-25-16(14)20-12-19-15/h1-6,11-12H,7-10H2,(H,22,23). The van der Waals surface area contributed by atoms with Crippen LogP contribution in [0.5, 0.6) is 5.75 Å². The van der Waals surface area contributed by atoms with Gasteiger partial charge in [0.2, 0.25) is 5.60 Å². The van der Waals surface area contributed by atoms with Gasteiger partial charge in [-0.2, -0.15) is 0 Å². The fourth-order valence-electron chi connectivity index (χ4n) is 3.18. The Kier molecular flexibility index (Phi) is 4.01. The third-order valence-electron chi connectivity index (χ3n) is 4.56. The summed E-state index contributed by atoms with van der Waals surface area (Å²) < 4.78 is 5.90. The molecule has 25 heavy (non-hydrogen) atoms. The maximum atomic E-state index is 11.9. The predicted octanol–water partition coefficient (Wildman–Crippen LogP) is 3.19. The molecule has 0 radical (unpaired) electrons. The number of thiophene rings is 1. The lowest BCUT2D eigenvalue weighted by Crippen LogP contribution is -2.53. The van der Waals surface area contributed by atoms with Crippen LogP contribution < -0.4 is 9.64 Å². The first-order chi connectivity index (χ1) is 12.2. The third-order valence-corrected chi connectivity index (χ3v) is 5.38. The number of carboxylic acid groups (broad SMARTS) is 1. The van der Waals surface area contributed by atoms with Gasteiger partial charge in [-0.15, -0.1) is 11.3 Å². The van der Waals surface area contributed by atoms with Crippen molar-refractivity contribution in [2.24, 2.45) is 0 Å². The SMILES string of the molecule is O=C(O)C1(Oc2ccccc2)CCN(c2ncnc3sccc23)CC1. The molecule has 0 aliphatic carbocycles. The van der Waals surface area contributed by atoms with Crippen LogP contribution in [0.25, 0.3) is 10.2 Å². The van der Waals surface area contributed by atoms with Gasteiger partial charge in [0.15, 0.2) is 0 Å². The molecular formula is C18H17N3O3S. The molecule has 128 valence electrons. The zero-order chi connectivity index (χ0) is 17.3. The van der Waals surface area contributed by atoms with Crippen LogP contribution in [0.15, 0.2) is 48.1 Å². The highest BCUT2D eigenvalue weighted by Gasteiger charge is 2.44. The molecule has 0 unspecified atom stereocenters. The van der Waals surface area contributed by atoms with Crippen molar-refractivity contribution in [2.45, 2.75) is 18.4 Å². The maximum Gasteiger partial charge on any atom is 0.348 e. The summed E-state index contributed by atoms with van der Waals surface area (Å²) in [5.74, 6) is 0.532. The van der Waals surface area contributed by atoms with E-state index in [0.29, 0.717) is 31.7 Å². The molecule has 1 aromatic carbocycles. The van der Waals surface area contributed by atoms with Gasteiger partial charge in [-0.05, 0) is 23.6 Å². The van der Waals surface area contributed by atoms with Gasteiger partial charge in [0.1, 0.15) is 22.7 Å². The maximum absolute atomic E-state index is 11.9. The van der Waals surface area contributed by atoms with Gasteiger partial charge in [0, 0.05) is 25.9 Å². The summed E-state index contributed by atoms with van der Waals surface area (Å²) in [5.41, 5.74) is -1.20. The summed E-state index contributed by atoms with van der Waals surface area (Å²) in [6.45, 7) is 1.14. The number of hydrogen-bond acceptors (Lipinski definition) is 6. The molecule has 1 fully saturated rings. The van der Waals surface area contributed by atoms with Gasteiger partial charge in [0.25, 0.3) is 0 Å². The van der Waals surface area contributed by atoms with E-state index in [2.05, 4.69) is 14.9 Å². The number of ether oxygens (including phenoxy) is 1. The molecule has 1 saturated heterocycles. The first kappa shape index (κ1) is 15.8. The Bertz CT molecular complexity index is 889. The number of piperidine rings is 1. The minimum atomic E-state index is -1.20. The van der Waals surface area contributed by atoms with Crippen LogP contribution in [0, 0.1) is 0 Å². The number of hydrogen-bond donors (Lipinski definition) is 1. The minimum absolute atomic E-state index is 0.396. The van der Waals surface area contributed by atoms with E-state index in [1.807, 2.05) is 29.6 Å². The van der Waals surface area contributed by atoms with E-state index in [-0.39, 0.29) is 0 Å². The second-order valence-corrected chi connectivity index (χ2v) is 6.93. The molecular weight excluding hydrogens is 338 g/mol. The second kappa shape index (κ2) is 6.33. The summed E-state index contributed by atoms with van der Waals surface area (Å²) in [6, 6.07) is 11.1. The highest BCUT2D eigenvalue weighted by atomic mass is 32.1. The highest BCUT2D eigenvalue weighted by molar-refractivity contribution is 7.16. The summed E-state index contributed by atoms with van der Waals surface area (Å²) in [7, 11) is 0. The molecule has 1 aliphatic rings. The number of fused-ring (bicyclic) bond motifs is 1. The van der Waals surface area contributed by atoms with Crippen molar-refractivity contribution in [3.05, 3.63) is 48.1 Å². The molecule has 0 amide bonds. The molecule has 0 spiro atoms. The number of aromatic nitrogens is 2. The number of para-hydroxylation sites is 1. The number of rotatable bonds is 4. The Morgan fingerprint density at radius 3 is 2.64 bits per heavy atom. The summed E-state index contributed by atoms with van der Waals surface area (Å²) in [6.07, 6.45) is 2.35. The van der Waals surface area contributed by atoms with Gasteiger partial charge in [-0.3, -0.25) is 0 Å². The van der Waals surface area contributed by atoms with Crippen LogP contribution in [0.2, 0.25) is 0 Å². The summed E-state index contributed by atoms with van der Waals surface area (Å²) >= 11 is 1.58. The fraction of sp³-hybridized carbons (Fsp3) is 0.278. The lowest BCUT2D eigenvalue weighted by atomic mass is 9.91. The van der Waals surface area contributed by atoms with Crippen LogP contribution in [-0.2, 0) is 4.79 Å². The largest absolute Gasteiger partial charge is 0.478 e. The average Bonchev–Trinajstić information content (AvgIpc) is 3.12. The van der Waals surface area contributed by atoms with E-state index in [0.717, 1.165) is 16.0 Å². The van der Waals surface area contributed by atoms with Crippen molar-refractivity contribution in [3.8, 4) is 5.75 Å². The monoisotopic (exact) mass is 355 g/mol. The first-order valence-electron chi connectivity index (χ1n) is 8.09. The topological polar surface area (TPSA) is 75.6 Å². The number of benzene rings is 1. The Morgan fingerprint density at radius 1 is 1.16 bits per heavy atom. The Balaban J connectivity index is 1.56. The van der Waals surface area contributed by atoms with Gasteiger partial charge in [-0.25, -0.2) is 14.8 Å². The van der Waals surface area contributed by atoms with Gasteiger partial charge >= 0.3 is 5.97 Å². The number of carboxylic acids is 1. The molecule has 3 heterocycles. The molecule has 1 N–H and O–H groups in total. The smallest absolute Gasteiger partial charge is 0.348 e. The van der Waals surface area contributed by atoms with Crippen LogP contribution in [0.3, 0.4) is 0 Å². The van der Waals surface area contributed by atoms with E-state index in [4.69, 9.17) is 4.74 Å². The molecule has 0 atom stereocenters. The Morgan fingerprint density at radius 2 is 1.92 bits per heavy atom. The lowest BCUT2D eigenvalue weighted by molar-refractivity contribution is -0.157. The quantitative estimate of drug-likeness (QED) is 0.775. The van der Waals surface area contributed by atoms with E-state index < -0.39 is 11.6 Å². The van der Waals surface area contributed by atoms with Crippen LogP contribution >= 0.6 is 11.3 Å². The van der Waals surface area contributed by atoms with Crippen molar-refractivity contribution < 1.29 is 14.6 Å². The molecule has 4 rings (SSSR count). The molecule has 7 heteroatoms.